The maximum atomic E-state index is 11.5. The van der Waals surface area contributed by atoms with Crippen molar-refractivity contribution >= 4 is 12.2 Å². The molecule has 112 valence electrons. The Bertz CT molecular complexity index is 217. The molecule has 0 unspecified atom stereocenters. The van der Waals surface area contributed by atoms with Crippen LogP contribution in [0.4, 0.5) is 0 Å². The molecule has 0 aliphatic rings. The molecule has 0 aromatic carbocycles. The molecule has 0 radical (unpaired) electrons. The van der Waals surface area contributed by atoms with Crippen LogP contribution in [0.3, 0.4) is 0 Å². The van der Waals surface area contributed by atoms with Gasteiger partial charge in [-0.15, -0.1) is 0 Å². The fourth-order valence-electron chi connectivity index (χ4n) is 2.09. The summed E-state index contributed by atoms with van der Waals surface area (Å²) in [6.45, 7) is 3.03. The molecule has 0 aromatic heterocycles. The number of unbranched alkanes of at least 4 members (excludes halogenated alkanes) is 9. The van der Waals surface area contributed by atoms with Crippen molar-refractivity contribution in [1.29, 1.82) is 0 Å². The highest BCUT2D eigenvalue weighted by molar-refractivity contribution is 5.75. The summed E-state index contributed by atoms with van der Waals surface area (Å²) in [6.07, 6.45) is 13.8. The molecular formula is C16H31NO2. The Morgan fingerprint density at radius 3 is 2.21 bits per heavy atom. The van der Waals surface area contributed by atoms with Gasteiger partial charge in [-0.25, -0.2) is 0 Å². The minimum absolute atomic E-state index is 0.206. The minimum atomic E-state index is 0.206. The smallest absolute Gasteiger partial charge is 0.219 e. The standard InChI is InChI=1S/C16H31NO2/c1-2-3-4-11-14-17-16(19)13-10-8-6-5-7-9-12-15-18/h15H,2-14H2,1H3,(H,17,19). The highest BCUT2D eigenvalue weighted by Gasteiger charge is 2.00. The molecule has 0 rings (SSSR count). The van der Waals surface area contributed by atoms with E-state index in [4.69, 9.17) is 0 Å². The van der Waals surface area contributed by atoms with Gasteiger partial charge in [0.15, 0.2) is 0 Å². The molecule has 0 atom stereocenters. The average Bonchev–Trinajstić information content (AvgIpc) is 2.41. The van der Waals surface area contributed by atoms with Crippen LogP contribution in [-0.2, 0) is 9.59 Å². The van der Waals surface area contributed by atoms with Crippen LogP contribution in [0.1, 0.15) is 84.0 Å². The van der Waals surface area contributed by atoms with Crippen LogP contribution in [0.2, 0.25) is 0 Å². The van der Waals surface area contributed by atoms with Crippen LogP contribution in [0, 0.1) is 0 Å². The van der Waals surface area contributed by atoms with Gasteiger partial charge in [-0.1, -0.05) is 51.9 Å². The molecule has 1 N–H and O–H groups in total. The second-order valence-corrected chi connectivity index (χ2v) is 5.24. The van der Waals surface area contributed by atoms with Gasteiger partial charge in [-0.3, -0.25) is 4.79 Å². The van der Waals surface area contributed by atoms with Crippen molar-refractivity contribution in [2.75, 3.05) is 6.54 Å². The molecule has 0 saturated heterocycles. The quantitative estimate of drug-likeness (QED) is 0.382. The minimum Gasteiger partial charge on any atom is -0.356 e. The Labute approximate surface area is 118 Å². The Morgan fingerprint density at radius 1 is 0.895 bits per heavy atom. The van der Waals surface area contributed by atoms with Crippen LogP contribution in [0.5, 0.6) is 0 Å². The number of carbonyl (C=O) groups excluding carboxylic acids is 2. The molecule has 3 heteroatoms. The van der Waals surface area contributed by atoms with Crippen molar-refractivity contribution in [3.05, 3.63) is 0 Å². The number of hydrogen-bond donors (Lipinski definition) is 1. The lowest BCUT2D eigenvalue weighted by Gasteiger charge is -2.05. The number of hydrogen-bond acceptors (Lipinski definition) is 2. The summed E-state index contributed by atoms with van der Waals surface area (Å²) in [5, 5.41) is 2.98. The molecule has 0 aliphatic heterocycles. The van der Waals surface area contributed by atoms with Crippen molar-refractivity contribution in [2.45, 2.75) is 84.0 Å². The van der Waals surface area contributed by atoms with Gasteiger partial charge in [-0.2, -0.15) is 0 Å². The molecule has 0 aliphatic carbocycles. The summed E-state index contributed by atoms with van der Waals surface area (Å²) in [7, 11) is 0. The molecular weight excluding hydrogens is 238 g/mol. The van der Waals surface area contributed by atoms with E-state index in [9.17, 15) is 9.59 Å². The highest BCUT2D eigenvalue weighted by atomic mass is 16.1. The number of carbonyl (C=O) groups is 2. The predicted octanol–water partition coefficient (Wildman–Crippen LogP) is 4.00. The fraction of sp³-hybridized carbons (Fsp3) is 0.875. The largest absolute Gasteiger partial charge is 0.356 e. The van der Waals surface area contributed by atoms with Gasteiger partial charge >= 0.3 is 0 Å². The van der Waals surface area contributed by atoms with E-state index in [0.29, 0.717) is 12.8 Å². The molecule has 0 saturated carbocycles. The van der Waals surface area contributed by atoms with Crippen molar-refractivity contribution in [2.24, 2.45) is 0 Å². The number of aldehydes is 1. The summed E-state index contributed by atoms with van der Waals surface area (Å²) in [5.74, 6) is 0.206. The molecule has 0 spiro atoms. The first-order valence-electron chi connectivity index (χ1n) is 8.01. The second-order valence-electron chi connectivity index (χ2n) is 5.24. The maximum absolute atomic E-state index is 11.5. The number of rotatable bonds is 14. The van der Waals surface area contributed by atoms with Crippen LogP contribution in [0.15, 0.2) is 0 Å². The maximum Gasteiger partial charge on any atom is 0.219 e. The number of nitrogens with one attached hydrogen (secondary N) is 1. The van der Waals surface area contributed by atoms with Crippen molar-refractivity contribution in [3.8, 4) is 0 Å². The zero-order valence-corrected chi connectivity index (χ0v) is 12.6. The van der Waals surface area contributed by atoms with Crippen LogP contribution in [0.25, 0.3) is 0 Å². The van der Waals surface area contributed by atoms with E-state index < -0.39 is 0 Å². The summed E-state index contributed by atoms with van der Waals surface area (Å²) < 4.78 is 0. The first kappa shape index (κ1) is 18.1. The zero-order chi connectivity index (χ0) is 14.2. The Kier molecular flexibility index (Phi) is 14.5. The Hall–Kier alpha value is -0.860. The van der Waals surface area contributed by atoms with E-state index in [1.54, 1.807) is 0 Å². The molecule has 19 heavy (non-hydrogen) atoms. The predicted molar refractivity (Wildman–Crippen MR) is 80.2 cm³/mol. The summed E-state index contributed by atoms with van der Waals surface area (Å²) in [6, 6.07) is 0. The highest BCUT2D eigenvalue weighted by Crippen LogP contribution is 2.08. The third kappa shape index (κ3) is 15.1. The average molecular weight is 269 g/mol. The second kappa shape index (κ2) is 15.2. The lowest BCUT2D eigenvalue weighted by Crippen LogP contribution is -2.23. The van der Waals surface area contributed by atoms with Crippen LogP contribution >= 0.6 is 0 Å². The van der Waals surface area contributed by atoms with E-state index in [1.165, 1.54) is 32.1 Å². The van der Waals surface area contributed by atoms with Gasteiger partial charge in [0.25, 0.3) is 0 Å². The van der Waals surface area contributed by atoms with Crippen LogP contribution in [-0.4, -0.2) is 18.7 Å². The summed E-state index contributed by atoms with van der Waals surface area (Å²) in [5.41, 5.74) is 0. The molecule has 0 heterocycles. The summed E-state index contributed by atoms with van der Waals surface area (Å²) in [4.78, 5) is 21.6. The van der Waals surface area contributed by atoms with Gasteiger partial charge in [0.1, 0.15) is 6.29 Å². The lowest BCUT2D eigenvalue weighted by atomic mass is 10.1. The third-order valence-corrected chi connectivity index (χ3v) is 3.33. The first-order valence-corrected chi connectivity index (χ1v) is 8.01. The fourth-order valence-corrected chi connectivity index (χ4v) is 2.09. The van der Waals surface area contributed by atoms with Crippen molar-refractivity contribution in [1.82, 2.24) is 5.32 Å². The SMILES string of the molecule is CCCCCCNC(=O)CCCCCCCCC=O. The van der Waals surface area contributed by atoms with E-state index in [2.05, 4.69) is 12.2 Å². The van der Waals surface area contributed by atoms with Gasteiger partial charge in [0, 0.05) is 19.4 Å². The third-order valence-electron chi connectivity index (χ3n) is 3.33. The van der Waals surface area contributed by atoms with E-state index in [-0.39, 0.29) is 5.91 Å². The van der Waals surface area contributed by atoms with Gasteiger partial charge in [0.2, 0.25) is 5.91 Å². The Balaban J connectivity index is 3.13. The van der Waals surface area contributed by atoms with Gasteiger partial charge in [-0.05, 0) is 19.3 Å². The topological polar surface area (TPSA) is 46.2 Å². The van der Waals surface area contributed by atoms with Crippen molar-refractivity contribution in [3.63, 3.8) is 0 Å². The van der Waals surface area contributed by atoms with Crippen molar-refractivity contribution < 1.29 is 9.59 Å². The van der Waals surface area contributed by atoms with Gasteiger partial charge in [0.05, 0.1) is 0 Å². The van der Waals surface area contributed by atoms with E-state index >= 15 is 0 Å². The number of amides is 1. The van der Waals surface area contributed by atoms with E-state index in [0.717, 1.165) is 44.9 Å². The van der Waals surface area contributed by atoms with Gasteiger partial charge < -0.3 is 10.1 Å². The normalized spacial score (nSPS) is 10.4. The zero-order valence-electron chi connectivity index (χ0n) is 12.6. The first-order chi connectivity index (χ1) is 9.31. The molecule has 3 nitrogen and oxygen atoms in total. The Morgan fingerprint density at radius 2 is 1.53 bits per heavy atom. The molecule has 0 aromatic rings. The summed E-state index contributed by atoms with van der Waals surface area (Å²) >= 11 is 0. The molecule has 0 bridgehead atoms. The van der Waals surface area contributed by atoms with Crippen LogP contribution < -0.4 is 5.32 Å². The monoisotopic (exact) mass is 269 g/mol. The molecule has 0 fully saturated rings. The molecule has 1 amide bonds. The van der Waals surface area contributed by atoms with E-state index in [1.807, 2.05) is 0 Å². The lowest BCUT2D eigenvalue weighted by molar-refractivity contribution is -0.121.